The van der Waals surface area contributed by atoms with E-state index in [2.05, 4.69) is 30.2 Å². The molecule has 1 N–H and O–H groups in total. The van der Waals surface area contributed by atoms with Gasteiger partial charge in [0.05, 0.1) is 6.61 Å². The minimum Gasteiger partial charge on any atom is -0.472 e. The summed E-state index contributed by atoms with van der Waals surface area (Å²) >= 11 is 0. The van der Waals surface area contributed by atoms with Crippen LogP contribution in [0.5, 0.6) is 5.88 Å². The highest BCUT2D eigenvalue weighted by Crippen LogP contribution is 2.19. The van der Waals surface area contributed by atoms with E-state index in [1.165, 1.54) is 5.56 Å². The molecule has 1 heterocycles. The molecule has 0 aromatic carbocycles. The summed E-state index contributed by atoms with van der Waals surface area (Å²) in [7, 11) is 3.60. The first kappa shape index (κ1) is 14.9. The van der Waals surface area contributed by atoms with E-state index < -0.39 is 0 Å². The van der Waals surface area contributed by atoms with Crippen molar-refractivity contribution in [3.63, 3.8) is 0 Å². The number of pyridine rings is 1. The van der Waals surface area contributed by atoms with Crippen molar-refractivity contribution in [2.24, 2.45) is 0 Å². The molecule has 0 aliphatic carbocycles. The maximum atomic E-state index is 5.77. The third-order valence-electron chi connectivity index (χ3n) is 2.58. The summed E-state index contributed by atoms with van der Waals surface area (Å²) in [6.45, 7) is 7.62. The fourth-order valence-electron chi connectivity index (χ4n) is 1.72. The van der Waals surface area contributed by atoms with Gasteiger partial charge in [0.25, 0.3) is 0 Å². The topological polar surface area (TPSA) is 43.4 Å². The zero-order valence-corrected chi connectivity index (χ0v) is 12.0. The average Bonchev–Trinajstić information content (AvgIpc) is 2.29. The lowest BCUT2D eigenvalue weighted by Crippen LogP contribution is -2.19. The van der Waals surface area contributed by atoms with E-state index in [9.17, 15) is 0 Å². The first-order valence-corrected chi connectivity index (χ1v) is 6.37. The standard InChI is InChI=1S/C14H24N2O2/c1-10(2)13-6-12(8-15-4)7-14(16-13)18-11(3)9-17-5/h6-7,10-11,15H,8-9H2,1-5H3. The molecule has 1 rings (SSSR count). The summed E-state index contributed by atoms with van der Waals surface area (Å²) in [5, 5.41) is 3.15. The molecular weight excluding hydrogens is 228 g/mol. The molecule has 1 aromatic heterocycles. The van der Waals surface area contributed by atoms with Gasteiger partial charge >= 0.3 is 0 Å². The van der Waals surface area contributed by atoms with Crippen molar-refractivity contribution in [3.8, 4) is 5.88 Å². The van der Waals surface area contributed by atoms with Gasteiger partial charge in [-0.2, -0.15) is 0 Å². The molecule has 0 aliphatic heterocycles. The Balaban J connectivity index is 2.88. The van der Waals surface area contributed by atoms with Crippen LogP contribution in [0.15, 0.2) is 12.1 Å². The molecule has 0 fully saturated rings. The Morgan fingerprint density at radius 2 is 2.00 bits per heavy atom. The summed E-state index contributed by atoms with van der Waals surface area (Å²) in [5.41, 5.74) is 2.25. The average molecular weight is 252 g/mol. The van der Waals surface area contributed by atoms with E-state index in [0.717, 1.165) is 12.2 Å². The predicted molar refractivity (Wildman–Crippen MR) is 73.1 cm³/mol. The smallest absolute Gasteiger partial charge is 0.214 e. The summed E-state index contributed by atoms with van der Waals surface area (Å²) in [6, 6.07) is 4.10. The molecule has 1 atom stereocenters. The third-order valence-corrected chi connectivity index (χ3v) is 2.58. The van der Waals surface area contributed by atoms with Gasteiger partial charge in [-0.3, -0.25) is 0 Å². The molecular formula is C14H24N2O2. The number of aromatic nitrogens is 1. The van der Waals surface area contributed by atoms with Gasteiger partial charge < -0.3 is 14.8 Å². The Morgan fingerprint density at radius 1 is 1.28 bits per heavy atom. The van der Waals surface area contributed by atoms with E-state index in [4.69, 9.17) is 9.47 Å². The van der Waals surface area contributed by atoms with E-state index >= 15 is 0 Å². The third kappa shape index (κ3) is 4.63. The summed E-state index contributed by atoms with van der Waals surface area (Å²) < 4.78 is 10.8. The highest BCUT2D eigenvalue weighted by atomic mass is 16.5. The lowest BCUT2D eigenvalue weighted by atomic mass is 10.1. The molecule has 0 amide bonds. The largest absolute Gasteiger partial charge is 0.472 e. The Labute approximate surface area is 110 Å². The molecule has 0 spiro atoms. The second-order valence-corrected chi connectivity index (χ2v) is 4.81. The molecule has 0 bridgehead atoms. The van der Waals surface area contributed by atoms with Gasteiger partial charge in [-0.05, 0) is 31.5 Å². The molecule has 4 heteroatoms. The fourth-order valence-corrected chi connectivity index (χ4v) is 1.72. The van der Waals surface area contributed by atoms with E-state index in [-0.39, 0.29) is 6.10 Å². The van der Waals surface area contributed by atoms with Gasteiger partial charge in [-0.25, -0.2) is 4.98 Å². The van der Waals surface area contributed by atoms with Crippen molar-refractivity contribution in [1.29, 1.82) is 0 Å². The van der Waals surface area contributed by atoms with Crippen LogP contribution < -0.4 is 10.1 Å². The maximum Gasteiger partial charge on any atom is 0.214 e. The van der Waals surface area contributed by atoms with Crippen LogP contribution in [0.2, 0.25) is 0 Å². The maximum absolute atomic E-state index is 5.77. The van der Waals surface area contributed by atoms with Crippen molar-refractivity contribution in [2.45, 2.75) is 39.3 Å². The quantitative estimate of drug-likeness (QED) is 0.809. The Bertz CT molecular complexity index is 367. The van der Waals surface area contributed by atoms with Gasteiger partial charge in [-0.1, -0.05) is 13.8 Å². The van der Waals surface area contributed by atoms with Gasteiger partial charge in [0, 0.05) is 25.4 Å². The lowest BCUT2D eigenvalue weighted by molar-refractivity contribution is 0.0887. The van der Waals surface area contributed by atoms with Gasteiger partial charge in [-0.15, -0.1) is 0 Å². The van der Waals surface area contributed by atoms with Crippen molar-refractivity contribution >= 4 is 0 Å². The van der Waals surface area contributed by atoms with Crippen LogP contribution in [-0.4, -0.2) is 31.9 Å². The van der Waals surface area contributed by atoms with E-state index in [1.54, 1.807) is 7.11 Å². The van der Waals surface area contributed by atoms with Crippen LogP contribution in [0, 0.1) is 0 Å². The van der Waals surface area contributed by atoms with Crippen LogP contribution >= 0.6 is 0 Å². The van der Waals surface area contributed by atoms with Gasteiger partial charge in [0.2, 0.25) is 5.88 Å². The van der Waals surface area contributed by atoms with Crippen LogP contribution in [0.1, 0.15) is 37.9 Å². The number of methoxy groups -OCH3 is 1. The molecule has 4 nitrogen and oxygen atoms in total. The number of ether oxygens (including phenoxy) is 2. The first-order chi connectivity index (χ1) is 8.56. The first-order valence-electron chi connectivity index (χ1n) is 6.37. The minimum absolute atomic E-state index is 0.00680. The molecule has 0 aliphatic rings. The van der Waals surface area contributed by atoms with Crippen LogP contribution in [0.3, 0.4) is 0 Å². The van der Waals surface area contributed by atoms with Crippen molar-refractivity contribution in [3.05, 3.63) is 23.4 Å². The Kier molecular flexibility index (Phi) is 6.09. The highest BCUT2D eigenvalue weighted by Gasteiger charge is 2.09. The van der Waals surface area contributed by atoms with E-state index in [0.29, 0.717) is 18.4 Å². The SMILES string of the molecule is CNCc1cc(OC(C)COC)nc(C(C)C)c1. The normalized spacial score (nSPS) is 12.8. The second-order valence-electron chi connectivity index (χ2n) is 4.81. The second kappa shape index (κ2) is 7.34. The molecule has 1 unspecified atom stereocenters. The predicted octanol–water partition coefficient (Wildman–Crippen LogP) is 2.34. The fraction of sp³-hybridized carbons (Fsp3) is 0.643. The van der Waals surface area contributed by atoms with Gasteiger partial charge in [0.15, 0.2) is 0 Å². The number of nitrogens with one attached hydrogen (secondary N) is 1. The number of nitrogens with zero attached hydrogens (tertiary/aromatic N) is 1. The van der Waals surface area contributed by atoms with Crippen molar-refractivity contribution in [1.82, 2.24) is 10.3 Å². The minimum atomic E-state index is 0.00680. The Hall–Kier alpha value is -1.13. The summed E-state index contributed by atoms with van der Waals surface area (Å²) in [6.07, 6.45) is 0.00680. The molecule has 0 saturated heterocycles. The van der Waals surface area contributed by atoms with Crippen LogP contribution in [-0.2, 0) is 11.3 Å². The van der Waals surface area contributed by atoms with Gasteiger partial charge in [0.1, 0.15) is 6.10 Å². The molecule has 1 aromatic rings. The molecule has 0 radical (unpaired) electrons. The zero-order chi connectivity index (χ0) is 13.5. The number of hydrogen-bond acceptors (Lipinski definition) is 4. The lowest BCUT2D eigenvalue weighted by Gasteiger charge is -2.16. The van der Waals surface area contributed by atoms with Crippen LogP contribution in [0.25, 0.3) is 0 Å². The number of hydrogen-bond donors (Lipinski definition) is 1. The molecule has 102 valence electrons. The van der Waals surface area contributed by atoms with E-state index in [1.807, 2.05) is 20.0 Å². The molecule has 0 saturated carbocycles. The van der Waals surface area contributed by atoms with Crippen molar-refractivity contribution in [2.75, 3.05) is 20.8 Å². The Morgan fingerprint density at radius 3 is 2.56 bits per heavy atom. The van der Waals surface area contributed by atoms with Crippen molar-refractivity contribution < 1.29 is 9.47 Å². The molecule has 18 heavy (non-hydrogen) atoms. The number of rotatable bonds is 7. The summed E-state index contributed by atoms with van der Waals surface area (Å²) in [5.74, 6) is 1.07. The zero-order valence-electron chi connectivity index (χ0n) is 12.0. The van der Waals surface area contributed by atoms with Crippen LogP contribution in [0.4, 0.5) is 0 Å². The monoisotopic (exact) mass is 252 g/mol. The highest BCUT2D eigenvalue weighted by molar-refractivity contribution is 5.26. The summed E-state index contributed by atoms with van der Waals surface area (Å²) in [4.78, 5) is 4.53.